The van der Waals surface area contributed by atoms with Crippen molar-refractivity contribution in [1.82, 2.24) is 4.90 Å². The number of carbonyl (C=O) groups is 2. The van der Waals surface area contributed by atoms with E-state index in [4.69, 9.17) is 10.8 Å². The van der Waals surface area contributed by atoms with Gasteiger partial charge in [-0.2, -0.15) is 0 Å². The number of nitrogens with zero attached hydrogens (tertiary/aromatic N) is 1. The highest BCUT2D eigenvalue weighted by Crippen LogP contribution is 2.19. The van der Waals surface area contributed by atoms with Crippen LogP contribution in [0.4, 0.5) is 0 Å². The Bertz CT molecular complexity index is 389. The smallest absolute Gasteiger partial charge is 0.323 e. The van der Waals surface area contributed by atoms with Gasteiger partial charge in [-0.25, -0.2) is 0 Å². The highest BCUT2D eigenvalue weighted by molar-refractivity contribution is 7.10. The van der Waals surface area contributed by atoms with Crippen LogP contribution in [0.5, 0.6) is 0 Å². The van der Waals surface area contributed by atoms with Gasteiger partial charge in [-0.15, -0.1) is 11.3 Å². The predicted octanol–water partition coefficient (Wildman–Crippen LogP) is 1.07. The summed E-state index contributed by atoms with van der Waals surface area (Å²) in [5.41, 5.74) is 5.82. The molecule has 94 valence electrons. The third-order valence-corrected chi connectivity index (χ3v) is 3.28. The number of carbonyl (C=O) groups excluding carboxylic acids is 1. The molecule has 17 heavy (non-hydrogen) atoms. The molecule has 1 rings (SSSR count). The van der Waals surface area contributed by atoms with Crippen LogP contribution in [-0.4, -0.2) is 34.5 Å². The molecule has 0 bridgehead atoms. The lowest BCUT2D eigenvalue weighted by Gasteiger charge is -2.27. The molecule has 0 aliphatic rings. The van der Waals surface area contributed by atoms with Gasteiger partial charge in [-0.1, -0.05) is 6.07 Å². The van der Waals surface area contributed by atoms with Gasteiger partial charge in [0.25, 0.3) is 0 Å². The number of carboxylic acid groups (broad SMARTS) is 1. The maximum Gasteiger partial charge on any atom is 0.323 e. The lowest BCUT2D eigenvalue weighted by atomic mass is 10.2. The zero-order chi connectivity index (χ0) is 13.0. The van der Waals surface area contributed by atoms with Gasteiger partial charge in [0.2, 0.25) is 5.91 Å². The van der Waals surface area contributed by atoms with E-state index in [9.17, 15) is 9.59 Å². The van der Waals surface area contributed by atoms with E-state index in [2.05, 4.69) is 0 Å². The average molecular weight is 256 g/mol. The van der Waals surface area contributed by atoms with Gasteiger partial charge in [-0.3, -0.25) is 9.59 Å². The molecule has 1 aromatic rings. The SMILES string of the molecule is CC(C)N(CC(=O)O)C(=O)C(N)c1cccs1. The van der Waals surface area contributed by atoms with Crippen LogP contribution >= 0.6 is 11.3 Å². The number of hydrogen-bond acceptors (Lipinski definition) is 4. The summed E-state index contributed by atoms with van der Waals surface area (Å²) in [7, 11) is 0. The Balaban J connectivity index is 2.81. The Hall–Kier alpha value is -1.40. The minimum Gasteiger partial charge on any atom is -0.480 e. The first-order valence-electron chi connectivity index (χ1n) is 5.24. The largest absolute Gasteiger partial charge is 0.480 e. The Labute approximate surface area is 104 Å². The average Bonchev–Trinajstić information content (AvgIpc) is 2.76. The molecule has 0 radical (unpaired) electrons. The van der Waals surface area contributed by atoms with Gasteiger partial charge in [0.05, 0.1) is 0 Å². The fourth-order valence-corrected chi connectivity index (χ4v) is 2.15. The summed E-state index contributed by atoms with van der Waals surface area (Å²) in [6.45, 7) is 3.21. The number of hydrogen-bond donors (Lipinski definition) is 2. The quantitative estimate of drug-likeness (QED) is 0.825. The van der Waals surface area contributed by atoms with E-state index in [1.807, 2.05) is 11.4 Å². The molecule has 1 amide bonds. The van der Waals surface area contributed by atoms with Crippen molar-refractivity contribution in [1.29, 1.82) is 0 Å². The fourth-order valence-electron chi connectivity index (χ4n) is 1.43. The molecule has 5 nitrogen and oxygen atoms in total. The third-order valence-electron chi connectivity index (χ3n) is 2.33. The van der Waals surface area contributed by atoms with E-state index < -0.39 is 12.0 Å². The molecule has 1 atom stereocenters. The van der Waals surface area contributed by atoms with Crippen molar-refractivity contribution < 1.29 is 14.7 Å². The lowest BCUT2D eigenvalue weighted by Crippen LogP contribution is -2.45. The van der Waals surface area contributed by atoms with E-state index in [0.717, 1.165) is 4.88 Å². The first kappa shape index (κ1) is 13.7. The molecule has 1 heterocycles. The summed E-state index contributed by atoms with van der Waals surface area (Å²) < 4.78 is 0. The topological polar surface area (TPSA) is 83.6 Å². The van der Waals surface area contributed by atoms with Crippen LogP contribution in [0.3, 0.4) is 0 Å². The van der Waals surface area contributed by atoms with Gasteiger partial charge in [0.1, 0.15) is 12.6 Å². The van der Waals surface area contributed by atoms with Gasteiger partial charge in [-0.05, 0) is 25.3 Å². The molecule has 1 unspecified atom stereocenters. The van der Waals surface area contributed by atoms with Crippen LogP contribution < -0.4 is 5.73 Å². The second-order valence-electron chi connectivity index (χ2n) is 3.95. The molecule has 0 aliphatic heterocycles. The molecule has 0 spiro atoms. The highest BCUT2D eigenvalue weighted by atomic mass is 32.1. The van der Waals surface area contributed by atoms with Crippen LogP contribution in [0, 0.1) is 0 Å². The first-order chi connectivity index (χ1) is 7.93. The Morgan fingerprint density at radius 3 is 2.59 bits per heavy atom. The van der Waals surface area contributed by atoms with Crippen molar-refractivity contribution in [3.05, 3.63) is 22.4 Å². The van der Waals surface area contributed by atoms with Crippen molar-refractivity contribution in [2.45, 2.75) is 25.9 Å². The molecule has 0 fully saturated rings. The van der Waals surface area contributed by atoms with E-state index in [1.54, 1.807) is 19.9 Å². The van der Waals surface area contributed by atoms with Crippen molar-refractivity contribution in [2.75, 3.05) is 6.54 Å². The van der Waals surface area contributed by atoms with Crippen molar-refractivity contribution in [2.24, 2.45) is 5.73 Å². The summed E-state index contributed by atoms with van der Waals surface area (Å²) in [6.07, 6.45) is 0. The monoisotopic (exact) mass is 256 g/mol. The maximum atomic E-state index is 12.1. The summed E-state index contributed by atoms with van der Waals surface area (Å²) >= 11 is 1.39. The Morgan fingerprint density at radius 2 is 2.18 bits per heavy atom. The molecular formula is C11H16N2O3S. The highest BCUT2D eigenvalue weighted by Gasteiger charge is 2.26. The zero-order valence-corrected chi connectivity index (χ0v) is 10.6. The lowest BCUT2D eigenvalue weighted by molar-refractivity contribution is -0.146. The Morgan fingerprint density at radius 1 is 1.53 bits per heavy atom. The number of rotatable bonds is 5. The van der Waals surface area contributed by atoms with E-state index in [1.165, 1.54) is 16.2 Å². The number of thiophene rings is 1. The zero-order valence-electron chi connectivity index (χ0n) is 9.79. The molecular weight excluding hydrogens is 240 g/mol. The summed E-state index contributed by atoms with van der Waals surface area (Å²) in [5.74, 6) is -1.39. The molecule has 0 aliphatic carbocycles. The van der Waals surface area contributed by atoms with E-state index >= 15 is 0 Å². The maximum absolute atomic E-state index is 12.1. The number of nitrogens with two attached hydrogens (primary N) is 1. The number of aliphatic carboxylic acids is 1. The van der Waals surface area contributed by atoms with Crippen LogP contribution in [0.15, 0.2) is 17.5 Å². The fraction of sp³-hybridized carbons (Fsp3) is 0.455. The van der Waals surface area contributed by atoms with Crippen LogP contribution in [0.2, 0.25) is 0 Å². The molecule has 0 saturated carbocycles. The summed E-state index contributed by atoms with van der Waals surface area (Å²) in [4.78, 5) is 24.8. The molecule has 0 aromatic carbocycles. The van der Waals surface area contributed by atoms with Crippen LogP contribution in [0.25, 0.3) is 0 Å². The number of amides is 1. The van der Waals surface area contributed by atoms with Gasteiger partial charge in [0.15, 0.2) is 0 Å². The first-order valence-corrected chi connectivity index (χ1v) is 6.12. The van der Waals surface area contributed by atoms with Crippen LogP contribution in [0.1, 0.15) is 24.8 Å². The van der Waals surface area contributed by atoms with E-state index in [-0.39, 0.29) is 18.5 Å². The van der Waals surface area contributed by atoms with Crippen molar-refractivity contribution in [3.8, 4) is 0 Å². The minimum atomic E-state index is -1.04. The molecule has 1 aromatic heterocycles. The second-order valence-corrected chi connectivity index (χ2v) is 4.93. The standard InChI is InChI=1S/C11H16N2O3S/c1-7(2)13(6-9(14)15)11(16)10(12)8-4-3-5-17-8/h3-5,7,10H,6,12H2,1-2H3,(H,14,15). The second kappa shape index (κ2) is 5.79. The summed E-state index contributed by atoms with van der Waals surface area (Å²) in [6, 6.07) is 2.61. The molecule has 0 saturated heterocycles. The Kier molecular flexibility index (Phi) is 4.65. The molecule has 3 N–H and O–H groups in total. The number of carboxylic acids is 1. The summed E-state index contributed by atoms with van der Waals surface area (Å²) in [5, 5.41) is 10.6. The predicted molar refractivity (Wildman–Crippen MR) is 65.7 cm³/mol. The van der Waals surface area contributed by atoms with E-state index in [0.29, 0.717) is 0 Å². The van der Waals surface area contributed by atoms with Gasteiger partial charge < -0.3 is 15.7 Å². The van der Waals surface area contributed by atoms with Crippen molar-refractivity contribution >= 4 is 23.2 Å². The van der Waals surface area contributed by atoms with Crippen LogP contribution in [-0.2, 0) is 9.59 Å². The van der Waals surface area contributed by atoms with Gasteiger partial charge in [0, 0.05) is 10.9 Å². The van der Waals surface area contributed by atoms with Crippen molar-refractivity contribution in [3.63, 3.8) is 0 Å². The third kappa shape index (κ3) is 3.54. The minimum absolute atomic E-state index is 0.190. The van der Waals surface area contributed by atoms with Gasteiger partial charge >= 0.3 is 5.97 Å². The molecule has 6 heteroatoms. The normalized spacial score (nSPS) is 12.5.